The van der Waals surface area contributed by atoms with E-state index >= 15 is 0 Å². The lowest BCUT2D eigenvalue weighted by molar-refractivity contribution is 0.140. The number of benzene rings is 1. The smallest absolute Gasteiger partial charge is 0.118 e. The highest BCUT2D eigenvalue weighted by molar-refractivity contribution is 5.27. The van der Waals surface area contributed by atoms with Gasteiger partial charge in [-0.1, -0.05) is 12.1 Å². The minimum Gasteiger partial charge on any atom is -0.497 e. The van der Waals surface area contributed by atoms with Crippen molar-refractivity contribution >= 4 is 0 Å². The van der Waals surface area contributed by atoms with E-state index in [9.17, 15) is 0 Å². The highest BCUT2D eigenvalue weighted by Gasteiger charge is 2.22. The summed E-state index contributed by atoms with van der Waals surface area (Å²) in [4.78, 5) is 5.17. The summed E-state index contributed by atoms with van der Waals surface area (Å²) >= 11 is 0. The number of piperidine rings is 1. The molecule has 2 aliphatic heterocycles. The van der Waals surface area contributed by atoms with Gasteiger partial charge < -0.3 is 19.3 Å². The molecule has 0 aromatic heterocycles. The van der Waals surface area contributed by atoms with Gasteiger partial charge in [0.1, 0.15) is 5.75 Å². The fourth-order valence-corrected chi connectivity index (χ4v) is 4.16. The summed E-state index contributed by atoms with van der Waals surface area (Å²) in [5.41, 5.74) is 1.40. The first-order chi connectivity index (χ1) is 12.2. The molecular weight excluding hydrogens is 312 g/mol. The molecule has 2 heterocycles. The Bertz CT molecular complexity index is 491. The van der Waals surface area contributed by atoms with E-state index in [2.05, 4.69) is 41.1 Å². The molecular formula is C21H34N2O2. The maximum Gasteiger partial charge on any atom is 0.118 e. The molecule has 1 aromatic rings. The molecule has 2 saturated heterocycles. The molecule has 4 heteroatoms. The molecule has 2 aliphatic rings. The van der Waals surface area contributed by atoms with E-state index in [-0.39, 0.29) is 0 Å². The summed E-state index contributed by atoms with van der Waals surface area (Å²) in [6.07, 6.45) is 5.06. The lowest BCUT2D eigenvalue weighted by Gasteiger charge is -2.34. The molecule has 25 heavy (non-hydrogen) atoms. The highest BCUT2D eigenvalue weighted by Crippen LogP contribution is 2.20. The van der Waals surface area contributed by atoms with E-state index < -0.39 is 0 Å². The van der Waals surface area contributed by atoms with Crippen LogP contribution in [0.25, 0.3) is 0 Å². The first-order valence-electron chi connectivity index (χ1n) is 9.84. The zero-order valence-electron chi connectivity index (χ0n) is 16.0. The van der Waals surface area contributed by atoms with Crippen molar-refractivity contribution in [3.05, 3.63) is 29.8 Å². The van der Waals surface area contributed by atoms with Gasteiger partial charge in [-0.15, -0.1) is 0 Å². The molecule has 3 rings (SSSR count). The van der Waals surface area contributed by atoms with Gasteiger partial charge in [0.15, 0.2) is 0 Å². The predicted octanol–water partition coefficient (Wildman–Crippen LogP) is 2.92. The number of hydrogen-bond acceptors (Lipinski definition) is 4. The molecule has 1 unspecified atom stereocenters. The van der Waals surface area contributed by atoms with Crippen LogP contribution < -0.4 is 4.74 Å². The van der Waals surface area contributed by atoms with Crippen molar-refractivity contribution in [3.8, 4) is 5.75 Å². The third-order valence-corrected chi connectivity index (χ3v) is 5.75. The molecule has 0 N–H and O–H groups in total. The summed E-state index contributed by atoms with van der Waals surface area (Å²) in [6, 6.07) is 8.50. The maximum atomic E-state index is 5.50. The van der Waals surface area contributed by atoms with Crippen LogP contribution >= 0.6 is 0 Å². The Morgan fingerprint density at radius 2 is 1.80 bits per heavy atom. The highest BCUT2D eigenvalue weighted by atomic mass is 16.5. The van der Waals surface area contributed by atoms with Crippen LogP contribution in [0, 0.1) is 11.8 Å². The van der Waals surface area contributed by atoms with Crippen LogP contribution in [0.5, 0.6) is 5.75 Å². The fourth-order valence-electron chi connectivity index (χ4n) is 4.16. The maximum absolute atomic E-state index is 5.50. The minimum atomic E-state index is 0.759. The Morgan fingerprint density at radius 1 is 1.08 bits per heavy atom. The summed E-state index contributed by atoms with van der Waals surface area (Å²) in [5.74, 6) is 2.57. The van der Waals surface area contributed by atoms with E-state index in [4.69, 9.17) is 9.47 Å². The Labute approximate surface area is 153 Å². The van der Waals surface area contributed by atoms with Crippen molar-refractivity contribution < 1.29 is 9.47 Å². The van der Waals surface area contributed by atoms with Crippen molar-refractivity contribution in [2.75, 3.05) is 60.1 Å². The van der Waals surface area contributed by atoms with Crippen molar-refractivity contribution in [1.29, 1.82) is 0 Å². The van der Waals surface area contributed by atoms with Crippen LogP contribution in [0.15, 0.2) is 24.3 Å². The third kappa shape index (κ3) is 5.98. The van der Waals surface area contributed by atoms with E-state index in [1.165, 1.54) is 57.5 Å². The number of methoxy groups -OCH3 is 1. The Balaban J connectivity index is 1.32. The number of ether oxygens (including phenoxy) is 2. The van der Waals surface area contributed by atoms with Gasteiger partial charge in [-0.25, -0.2) is 0 Å². The van der Waals surface area contributed by atoms with Crippen LogP contribution in [0.3, 0.4) is 0 Å². The first kappa shape index (κ1) is 18.7. The summed E-state index contributed by atoms with van der Waals surface area (Å²) in [6.45, 7) is 8.07. The van der Waals surface area contributed by atoms with Gasteiger partial charge in [0.25, 0.3) is 0 Å². The van der Waals surface area contributed by atoms with E-state index in [0.717, 1.165) is 37.2 Å². The standard InChI is InChI=1S/C21H34N2O2/c1-22(16-20-10-14-25-17-20)15-19-8-12-23(13-9-19)11-7-18-3-5-21(24-2)6-4-18/h3-6,19-20H,7-17H2,1-2H3. The van der Waals surface area contributed by atoms with E-state index in [1.54, 1.807) is 7.11 Å². The van der Waals surface area contributed by atoms with Gasteiger partial charge >= 0.3 is 0 Å². The van der Waals surface area contributed by atoms with Crippen molar-refractivity contribution in [2.24, 2.45) is 11.8 Å². The molecule has 140 valence electrons. The lowest BCUT2D eigenvalue weighted by atomic mass is 9.95. The van der Waals surface area contributed by atoms with Gasteiger partial charge in [0.2, 0.25) is 0 Å². The predicted molar refractivity (Wildman–Crippen MR) is 102 cm³/mol. The van der Waals surface area contributed by atoms with Crippen molar-refractivity contribution in [2.45, 2.75) is 25.7 Å². The Morgan fingerprint density at radius 3 is 2.44 bits per heavy atom. The van der Waals surface area contributed by atoms with Gasteiger partial charge in [-0.2, -0.15) is 0 Å². The van der Waals surface area contributed by atoms with Gasteiger partial charge in [-0.05, 0) is 75.4 Å². The average molecular weight is 347 g/mol. The molecule has 0 radical (unpaired) electrons. The number of hydrogen-bond donors (Lipinski definition) is 0. The topological polar surface area (TPSA) is 24.9 Å². The van der Waals surface area contributed by atoms with Crippen LogP contribution in [-0.2, 0) is 11.2 Å². The third-order valence-electron chi connectivity index (χ3n) is 5.75. The lowest BCUT2D eigenvalue weighted by Crippen LogP contribution is -2.39. The minimum absolute atomic E-state index is 0.759. The first-order valence-corrected chi connectivity index (χ1v) is 9.84. The molecule has 1 atom stereocenters. The van der Waals surface area contributed by atoms with Crippen LogP contribution in [0.2, 0.25) is 0 Å². The zero-order chi connectivity index (χ0) is 17.5. The summed E-state index contributed by atoms with van der Waals surface area (Å²) < 4.78 is 10.7. The van der Waals surface area contributed by atoms with Crippen LogP contribution in [-0.4, -0.2) is 69.9 Å². The summed E-state index contributed by atoms with van der Waals surface area (Å²) in [7, 11) is 4.01. The monoisotopic (exact) mass is 346 g/mol. The van der Waals surface area contributed by atoms with Gasteiger partial charge in [0, 0.05) is 26.2 Å². The summed E-state index contributed by atoms with van der Waals surface area (Å²) in [5, 5.41) is 0. The van der Waals surface area contributed by atoms with Gasteiger partial charge in [0.05, 0.1) is 13.7 Å². The second-order valence-corrected chi connectivity index (χ2v) is 7.83. The second kappa shape index (κ2) is 9.56. The largest absolute Gasteiger partial charge is 0.497 e. The molecule has 0 aliphatic carbocycles. The SMILES string of the molecule is COc1ccc(CCN2CCC(CN(C)CC3CCOC3)CC2)cc1. The molecule has 2 fully saturated rings. The molecule has 0 saturated carbocycles. The number of rotatable bonds is 8. The molecule has 0 bridgehead atoms. The normalized spacial score (nSPS) is 22.6. The van der Waals surface area contributed by atoms with Crippen LogP contribution in [0.1, 0.15) is 24.8 Å². The number of likely N-dealkylation sites (tertiary alicyclic amines) is 1. The zero-order valence-corrected chi connectivity index (χ0v) is 16.0. The Kier molecular flexibility index (Phi) is 7.14. The van der Waals surface area contributed by atoms with E-state index in [0.29, 0.717) is 0 Å². The molecule has 0 spiro atoms. The average Bonchev–Trinajstić information content (AvgIpc) is 3.14. The number of nitrogens with zero attached hydrogens (tertiary/aromatic N) is 2. The molecule has 4 nitrogen and oxygen atoms in total. The van der Waals surface area contributed by atoms with Crippen molar-refractivity contribution in [1.82, 2.24) is 9.80 Å². The quantitative estimate of drug-likeness (QED) is 0.723. The van der Waals surface area contributed by atoms with Crippen LogP contribution in [0.4, 0.5) is 0 Å². The van der Waals surface area contributed by atoms with Crippen molar-refractivity contribution in [3.63, 3.8) is 0 Å². The fraction of sp³-hybridized carbons (Fsp3) is 0.714. The Hall–Kier alpha value is -1.10. The second-order valence-electron chi connectivity index (χ2n) is 7.83. The van der Waals surface area contributed by atoms with Gasteiger partial charge in [-0.3, -0.25) is 0 Å². The van der Waals surface area contributed by atoms with E-state index in [1.807, 2.05) is 0 Å². The molecule has 1 aromatic carbocycles. The molecule has 0 amide bonds.